The number of ether oxygens (including phenoxy) is 1. The fraction of sp³-hybridized carbons (Fsp3) is 0.400. The molecule has 0 saturated carbocycles. The second-order valence-corrected chi connectivity index (χ2v) is 6.15. The fourth-order valence-corrected chi connectivity index (χ4v) is 2.42. The Morgan fingerprint density at radius 1 is 1.19 bits per heavy atom. The smallest absolute Gasteiger partial charge is 0.320 e. The molecule has 5 nitrogen and oxygen atoms in total. The molecular weight excluding hydrogens is 338 g/mol. The molecule has 0 bridgehead atoms. The zero-order valence-electron chi connectivity index (χ0n) is 11.8. The van der Waals surface area contributed by atoms with Crippen LogP contribution in [0.25, 0.3) is 0 Å². The van der Waals surface area contributed by atoms with Gasteiger partial charge in [-0.15, -0.1) is 0 Å². The third kappa shape index (κ3) is 3.32. The van der Waals surface area contributed by atoms with Crippen molar-refractivity contribution in [1.82, 2.24) is 4.90 Å². The van der Waals surface area contributed by atoms with Crippen LogP contribution in [0.2, 0.25) is 0 Å². The third-order valence-corrected chi connectivity index (χ3v) is 3.92. The summed E-state index contributed by atoms with van der Waals surface area (Å²) in [7, 11) is 0. The molecule has 0 aromatic heterocycles. The number of esters is 1. The highest BCUT2D eigenvalue weighted by Crippen LogP contribution is 2.23. The maximum absolute atomic E-state index is 12.1. The number of amides is 2. The van der Waals surface area contributed by atoms with Crippen LogP contribution in [0.5, 0.6) is 0 Å². The second-order valence-electron chi connectivity index (χ2n) is 5.05. The minimum atomic E-state index is -0.538. The largest absolute Gasteiger partial charge is 0.462 e. The molecule has 0 radical (unpaired) electrons. The van der Waals surface area contributed by atoms with E-state index in [0.717, 1.165) is 0 Å². The molecule has 1 heterocycles. The van der Waals surface area contributed by atoms with Gasteiger partial charge in [-0.25, -0.2) is 0 Å². The van der Waals surface area contributed by atoms with E-state index in [1.54, 1.807) is 38.1 Å². The third-order valence-electron chi connectivity index (χ3n) is 3.09. The van der Waals surface area contributed by atoms with E-state index < -0.39 is 4.83 Å². The Morgan fingerprint density at radius 2 is 1.71 bits per heavy atom. The van der Waals surface area contributed by atoms with Gasteiger partial charge in [-0.1, -0.05) is 28.1 Å². The molecule has 1 aliphatic rings. The molecule has 1 aromatic rings. The number of halogens is 1. The number of benzene rings is 1. The first kappa shape index (κ1) is 15.7. The van der Waals surface area contributed by atoms with E-state index in [4.69, 9.17) is 4.74 Å². The lowest BCUT2D eigenvalue weighted by Gasteiger charge is -2.17. The van der Waals surface area contributed by atoms with Crippen LogP contribution in [-0.2, 0) is 9.53 Å². The Balaban J connectivity index is 1.98. The predicted molar refractivity (Wildman–Crippen MR) is 80.4 cm³/mol. The van der Waals surface area contributed by atoms with E-state index in [9.17, 15) is 14.4 Å². The first-order valence-corrected chi connectivity index (χ1v) is 7.63. The van der Waals surface area contributed by atoms with Gasteiger partial charge in [0.15, 0.2) is 0 Å². The summed E-state index contributed by atoms with van der Waals surface area (Å²) in [5, 5.41) is 0. The number of carbonyl (C=O) groups excluding carboxylic acids is 3. The Hall–Kier alpha value is -1.69. The van der Waals surface area contributed by atoms with Gasteiger partial charge in [0.1, 0.15) is 4.83 Å². The molecule has 1 atom stereocenters. The second kappa shape index (κ2) is 6.39. The highest BCUT2D eigenvalue weighted by molar-refractivity contribution is 9.10. The van der Waals surface area contributed by atoms with Crippen molar-refractivity contribution >= 4 is 33.7 Å². The number of rotatable bonds is 5. The number of fused-ring (bicyclic) bond motifs is 1. The Labute approximate surface area is 131 Å². The Morgan fingerprint density at radius 3 is 2.19 bits per heavy atom. The topological polar surface area (TPSA) is 63.7 Å². The Kier molecular flexibility index (Phi) is 4.77. The monoisotopic (exact) mass is 353 g/mol. The van der Waals surface area contributed by atoms with Crippen LogP contribution < -0.4 is 0 Å². The molecule has 6 heteroatoms. The van der Waals surface area contributed by atoms with Crippen molar-refractivity contribution in [3.05, 3.63) is 35.4 Å². The predicted octanol–water partition coefficient (Wildman–Crippen LogP) is 2.39. The lowest BCUT2D eigenvalue weighted by Crippen LogP contribution is -2.33. The van der Waals surface area contributed by atoms with Gasteiger partial charge in [-0.3, -0.25) is 19.3 Å². The summed E-state index contributed by atoms with van der Waals surface area (Å²) < 4.78 is 5.07. The van der Waals surface area contributed by atoms with E-state index in [1.807, 2.05) is 0 Å². The molecule has 21 heavy (non-hydrogen) atoms. The summed E-state index contributed by atoms with van der Waals surface area (Å²) in [6.07, 6.45) is 0.119. The van der Waals surface area contributed by atoms with E-state index in [0.29, 0.717) is 17.5 Å². The van der Waals surface area contributed by atoms with Crippen LogP contribution in [0.15, 0.2) is 24.3 Å². The summed E-state index contributed by atoms with van der Waals surface area (Å²) in [4.78, 5) is 36.6. The van der Waals surface area contributed by atoms with Crippen LogP contribution >= 0.6 is 15.9 Å². The number of hydrogen-bond donors (Lipinski definition) is 0. The van der Waals surface area contributed by atoms with Gasteiger partial charge < -0.3 is 4.74 Å². The highest BCUT2D eigenvalue weighted by atomic mass is 79.9. The summed E-state index contributed by atoms with van der Waals surface area (Å²) in [6.45, 7) is 3.71. The molecule has 0 saturated heterocycles. The van der Waals surface area contributed by atoms with Crippen LogP contribution in [-0.4, -0.2) is 40.2 Å². The number of carbonyl (C=O) groups is 3. The number of hydrogen-bond acceptors (Lipinski definition) is 4. The molecule has 0 fully saturated rings. The molecule has 0 spiro atoms. The lowest BCUT2D eigenvalue weighted by molar-refractivity contribution is -0.146. The van der Waals surface area contributed by atoms with E-state index >= 15 is 0 Å². The zero-order valence-corrected chi connectivity index (χ0v) is 13.4. The SMILES string of the molecule is CC(C)OC(=O)[C@@H](Br)CCN1C(=O)c2ccccc2C1=O. The van der Waals surface area contributed by atoms with Gasteiger partial charge >= 0.3 is 5.97 Å². The van der Waals surface area contributed by atoms with Crippen LogP contribution in [0.3, 0.4) is 0 Å². The number of alkyl halides is 1. The van der Waals surface area contributed by atoms with Gasteiger partial charge in [-0.2, -0.15) is 0 Å². The molecule has 1 aliphatic heterocycles. The lowest BCUT2D eigenvalue weighted by atomic mass is 10.1. The van der Waals surface area contributed by atoms with E-state index in [2.05, 4.69) is 15.9 Å². The quantitative estimate of drug-likeness (QED) is 0.463. The van der Waals surface area contributed by atoms with Crippen molar-refractivity contribution in [3.8, 4) is 0 Å². The van der Waals surface area contributed by atoms with Crippen molar-refractivity contribution in [1.29, 1.82) is 0 Å². The molecule has 2 amide bonds. The normalized spacial score (nSPS) is 15.3. The van der Waals surface area contributed by atoms with Crippen molar-refractivity contribution in [2.24, 2.45) is 0 Å². The first-order valence-electron chi connectivity index (χ1n) is 6.71. The summed E-state index contributed by atoms with van der Waals surface area (Å²) >= 11 is 3.23. The summed E-state index contributed by atoms with van der Waals surface area (Å²) in [5.41, 5.74) is 0.830. The van der Waals surface area contributed by atoms with E-state index in [1.165, 1.54) is 4.90 Å². The molecule has 0 aliphatic carbocycles. The van der Waals surface area contributed by atoms with Crippen LogP contribution in [0.4, 0.5) is 0 Å². The van der Waals surface area contributed by atoms with Crippen LogP contribution in [0.1, 0.15) is 41.0 Å². The molecular formula is C15H16BrNO4. The van der Waals surface area contributed by atoms with Crippen molar-refractivity contribution in [2.75, 3.05) is 6.54 Å². The molecule has 2 rings (SSSR count). The highest BCUT2D eigenvalue weighted by Gasteiger charge is 2.35. The maximum Gasteiger partial charge on any atom is 0.320 e. The van der Waals surface area contributed by atoms with Crippen molar-refractivity contribution in [2.45, 2.75) is 31.2 Å². The Bertz CT molecular complexity index is 550. The molecule has 0 unspecified atom stereocenters. The van der Waals surface area contributed by atoms with E-state index in [-0.39, 0.29) is 30.4 Å². The summed E-state index contributed by atoms with van der Waals surface area (Å²) in [5.74, 6) is -1.01. The average Bonchev–Trinajstić information content (AvgIpc) is 2.68. The van der Waals surface area contributed by atoms with Gasteiger partial charge in [0.25, 0.3) is 11.8 Å². The maximum atomic E-state index is 12.1. The number of imide groups is 1. The fourth-order valence-electron chi connectivity index (χ4n) is 2.11. The number of nitrogens with zero attached hydrogens (tertiary/aromatic N) is 1. The van der Waals surface area contributed by atoms with Gasteiger partial charge in [0, 0.05) is 6.54 Å². The minimum Gasteiger partial charge on any atom is -0.462 e. The summed E-state index contributed by atoms with van der Waals surface area (Å²) in [6, 6.07) is 6.71. The molecule has 1 aromatic carbocycles. The minimum absolute atomic E-state index is 0.176. The molecule has 112 valence electrons. The first-order chi connectivity index (χ1) is 9.91. The zero-order chi connectivity index (χ0) is 15.6. The van der Waals surface area contributed by atoms with Gasteiger partial charge in [0.05, 0.1) is 17.2 Å². The molecule has 0 N–H and O–H groups in total. The average molecular weight is 354 g/mol. The van der Waals surface area contributed by atoms with Crippen molar-refractivity contribution < 1.29 is 19.1 Å². The van der Waals surface area contributed by atoms with Gasteiger partial charge in [0.2, 0.25) is 0 Å². The standard InChI is InChI=1S/C15H16BrNO4/c1-9(2)21-15(20)12(16)7-8-17-13(18)10-5-3-4-6-11(10)14(17)19/h3-6,9,12H,7-8H2,1-2H3/t12-/m0/s1. The van der Waals surface area contributed by atoms with Crippen LogP contribution in [0, 0.1) is 0 Å². The van der Waals surface area contributed by atoms with Crippen molar-refractivity contribution in [3.63, 3.8) is 0 Å². The van der Waals surface area contributed by atoms with Gasteiger partial charge in [-0.05, 0) is 32.4 Å².